The quantitative estimate of drug-likeness (QED) is 0.789. The Morgan fingerprint density at radius 2 is 1.76 bits per heavy atom. The van der Waals surface area contributed by atoms with Gasteiger partial charge in [0.25, 0.3) is 0 Å². The number of imide groups is 1. The summed E-state index contributed by atoms with van der Waals surface area (Å²) < 4.78 is 0. The van der Waals surface area contributed by atoms with Gasteiger partial charge >= 0.3 is 0 Å². The highest BCUT2D eigenvalue weighted by Gasteiger charge is 2.30. The molecule has 1 aromatic rings. The molecule has 0 radical (unpaired) electrons. The first-order valence-corrected chi connectivity index (χ1v) is 5.88. The zero-order valence-electron chi connectivity index (χ0n) is 10.5. The monoisotopic (exact) mass is 231 g/mol. The van der Waals surface area contributed by atoms with Crippen molar-refractivity contribution in [2.75, 3.05) is 0 Å². The predicted octanol–water partition coefficient (Wildman–Crippen LogP) is 1.82. The van der Waals surface area contributed by atoms with Crippen LogP contribution in [0.4, 0.5) is 0 Å². The molecule has 1 aromatic carbocycles. The van der Waals surface area contributed by atoms with Crippen molar-refractivity contribution in [1.82, 2.24) is 5.32 Å². The Labute approximate surface area is 101 Å². The molecule has 1 saturated heterocycles. The van der Waals surface area contributed by atoms with E-state index in [0.29, 0.717) is 12.8 Å². The van der Waals surface area contributed by atoms with E-state index >= 15 is 0 Å². The number of benzene rings is 1. The van der Waals surface area contributed by atoms with Gasteiger partial charge in [-0.15, -0.1) is 0 Å². The largest absolute Gasteiger partial charge is 0.296 e. The standard InChI is InChI=1S/C14H17NO2/c1-8-4-10(3)11(5-9(8)2)6-12-7-13(16)15-14(12)17/h4-5,12H,6-7H2,1-3H3,(H,15,16,17). The molecule has 0 aromatic heterocycles. The third kappa shape index (κ3) is 2.38. The minimum atomic E-state index is -0.191. The average molecular weight is 231 g/mol. The van der Waals surface area contributed by atoms with Crippen LogP contribution >= 0.6 is 0 Å². The van der Waals surface area contributed by atoms with E-state index < -0.39 is 0 Å². The number of amides is 2. The molecule has 1 aliphatic rings. The van der Waals surface area contributed by atoms with E-state index in [1.165, 1.54) is 22.3 Å². The van der Waals surface area contributed by atoms with Gasteiger partial charge in [-0.25, -0.2) is 0 Å². The lowest BCUT2D eigenvalue weighted by atomic mass is 9.92. The third-order valence-electron chi connectivity index (χ3n) is 3.48. The van der Waals surface area contributed by atoms with Crippen molar-refractivity contribution >= 4 is 11.8 Å². The molecule has 0 spiro atoms. The molecular weight excluding hydrogens is 214 g/mol. The lowest BCUT2D eigenvalue weighted by Gasteiger charge is -2.12. The van der Waals surface area contributed by atoms with Crippen LogP contribution in [-0.4, -0.2) is 11.8 Å². The minimum absolute atomic E-state index is 0.132. The Kier molecular flexibility index (Phi) is 3.01. The van der Waals surface area contributed by atoms with E-state index in [1.54, 1.807) is 0 Å². The van der Waals surface area contributed by atoms with Gasteiger partial charge in [-0.3, -0.25) is 14.9 Å². The van der Waals surface area contributed by atoms with E-state index in [9.17, 15) is 9.59 Å². The molecule has 90 valence electrons. The maximum atomic E-state index is 11.5. The number of hydrogen-bond acceptors (Lipinski definition) is 2. The van der Waals surface area contributed by atoms with Crippen LogP contribution in [0, 0.1) is 26.7 Å². The van der Waals surface area contributed by atoms with Crippen LogP contribution in [0.5, 0.6) is 0 Å². The second-order valence-electron chi connectivity index (χ2n) is 4.88. The molecule has 1 atom stereocenters. The highest BCUT2D eigenvalue weighted by Crippen LogP contribution is 2.22. The SMILES string of the molecule is Cc1cc(C)c(CC2CC(=O)NC2=O)cc1C. The number of aryl methyl sites for hydroxylation is 3. The first-order valence-electron chi connectivity index (χ1n) is 5.88. The molecular formula is C14H17NO2. The van der Waals surface area contributed by atoms with Crippen molar-refractivity contribution in [3.8, 4) is 0 Å². The smallest absolute Gasteiger partial charge is 0.230 e. The van der Waals surface area contributed by atoms with Crippen LogP contribution in [0.3, 0.4) is 0 Å². The van der Waals surface area contributed by atoms with Gasteiger partial charge in [-0.1, -0.05) is 12.1 Å². The van der Waals surface area contributed by atoms with Crippen molar-refractivity contribution < 1.29 is 9.59 Å². The molecule has 1 unspecified atom stereocenters. The van der Waals surface area contributed by atoms with Gasteiger partial charge in [0.1, 0.15) is 0 Å². The fraction of sp³-hybridized carbons (Fsp3) is 0.429. The summed E-state index contributed by atoms with van der Waals surface area (Å²) in [7, 11) is 0. The number of carbonyl (C=O) groups excluding carboxylic acids is 2. The molecule has 0 saturated carbocycles. The molecule has 3 nitrogen and oxygen atoms in total. The molecule has 17 heavy (non-hydrogen) atoms. The summed E-state index contributed by atoms with van der Waals surface area (Å²) in [5.41, 5.74) is 4.86. The lowest BCUT2D eigenvalue weighted by molar-refractivity contribution is -0.125. The van der Waals surface area contributed by atoms with Crippen molar-refractivity contribution in [2.24, 2.45) is 5.92 Å². The van der Waals surface area contributed by atoms with Crippen LogP contribution in [0.25, 0.3) is 0 Å². The Morgan fingerprint density at radius 3 is 2.35 bits per heavy atom. The zero-order chi connectivity index (χ0) is 12.6. The van der Waals surface area contributed by atoms with Crippen molar-refractivity contribution in [3.05, 3.63) is 34.4 Å². The summed E-state index contributed by atoms with van der Waals surface area (Å²) in [4.78, 5) is 22.6. The topological polar surface area (TPSA) is 46.2 Å². The second-order valence-corrected chi connectivity index (χ2v) is 4.88. The lowest BCUT2D eigenvalue weighted by Crippen LogP contribution is -2.23. The van der Waals surface area contributed by atoms with Crippen LogP contribution < -0.4 is 5.32 Å². The zero-order valence-corrected chi connectivity index (χ0v) is 10.5. The van der Waals surface area contributed by atoms with Gasteiger partial charge < -0.3 is 0 Å². The molecule has 1 aliphatic heterocycles. The predicted molar refractivity (Wildman–Crippen MR) is 65.6 cm³/mol. The summed E-state index contributed by atoms with van der Waals surface area (Å²) >= 11 is 0. The highest BCUT2D eigenvalue weighted by atomic mass is 16.2. The third-order valence-corrected chi connectivity index (χ3v) is 3.48. The first-order chi connectivity index (χ1) is 7.97. The summed E-state index contributed by atoms with van der Waals surface area (Å²) in [6, 6.07) is 4.26. The van der Waals surface area contributed by atoms with E-state index in [4.69, 9.17) is 0 Å². The van der Waals surface area contributed by atoms with E-state index in [0.717, 1.165) is 0 Å². The van der Waals surface area contributed by atoms with Gasteiger partial charge in [0.15, 0.2) is 0 Å². The van der Waals surface area contributed by atoms with Gasteiger partial charge in [0, 0.05) is 6.42 Å². The minimum Gasteiger partial charge on any atom is -0.296 e. The fourth-order valence-electron chi connectivity index (χ4n) is 2.28. The Bertz CT molecular complexity index is 491. The first kappa shape index (κ1) is 11.8. The van der Waals surface area contributed by atoms with Gasteiger partial charge in [0.05, 0.1) is 5.92 Å². The number of carbonyl (C=O) groups is 2. The normalized spacial score (nSPS) is 19.6. The average Bonchev–Trinajstić information content (AvgIpc) is 2.54. The molecule has 1 heterocycles. The van der Waals surface area contributed by atoms with E-state index in [1.807, 2.05) is 0 Å². The Hall–Kier alpha value is -1.64. The summed E-state index contributed by atoms with van der Waals surface area (Å²) in [5, 5.41) is 2.35. The van der Waals surface area contributed by atoms with E-state index in [-0.39, 0.29) is 17.7 Å². The van der Waals surface area contributed by atoms with Gasteiger partial charge in [-0.05, 0) is 49.4 Å². The number of hydrogen-bond donors (Lipinski definition) is 1. The maximum Gasteiger partial charge on any atom is 0.230 e. The van der Waals surface area contributed by atoms with Crippen molar-refractivity contribution in [2.45, 2.75) is 33.6 Å². The maximum absolute atomic E-state index is 11.5. The Balaban J connectivity index is 2.22. The molecule has 1 fully saturated rings. The van der Waals surface area contributed by atoms with Crippen LogP contribution in [-0.2, 0) is 16.0 Å². The van der Waals surface area contributed by atoms with Gasteiger partial charge in [-0.2, -0.15) is 0 Å². The molecule has 1 N–H and O–H groups in total. The highest BCUT2D eigenvalue weighted by molar-refractivity contribution is 6.03. The number of rotatable bonds is 2. The molecule has 0 bridgehead atoms. The summed E-state index contributed by atoms with van der Waals surface area (Å²) in [6.45, 7) is 6.20. The van der Waals surface area contributed by atoms with Gasteiger partial charge in [0.2, 0.25) is 11.8 Å². The van der Waals surface area contributed by atoms with Crippen molar-refractivity contribution in [3.63, 3.8) is 0 Å². The molecule has 3 heteroatoms. The van der Waals surface area contributed by atoms with E-state index in [2.05, 4.69) is 38.2 Å². The molecule has 2 rings (SSSR count). The van der Waals surface area contributed by atoms with Crippen LogP contribution in [0.1, 0.15) is 28.7 Å². The van der Waals surface area contributed by atoms with Crippen LogP contribution in [0.2, 0.25) is 0 Å². The van der Waals surface area contributed by atoms with Crippen LogP contribution in [0.15, 0.2) is 12.1 Å². The van der Waals surface area contributed by atoms with Crippen molar-refractivity contribution in [1.29, 1.82) is 0 Å². The number of nitrogens with one attached hydrogen (secondary N) is 1. The molecule has 2 amide bonds. The summed E-state index contributed by atoms with van der Waals surface area (Å²) in [6.07, 6.45) is 0.982. The second kappa shape index (κ2) is 4.32. The summed E-state index contributed by atoms with van der Waals surface area (Å²) in [5.74, 6) is -0.475. The Morgan fingerprint density at radius 1 is 1.12 bits per heavy atom. The molecule has 0 aliphatic carbocycles. The fourth-order valence-corrected chi connectivity index (χ4v) is 2.28.